The third-order valence-corrected chi connectivity index (χ3v) is 8.62. The van der Waals surface area contributed by atoms with Gasteiger partial charge < -0.3 is 14.9 Å². The second-order valence-corrected chi connectivity index (χ2v) is 11.0. The summed E-state index contributed by atoms with van der Waals surface area (Å²) in [6, 6.07) is 9.60. The van der Waals surface area contributed by atoms with Gasteiger partial charge in [-0.05, 0) is 37.0 Å². The molecule has 1 aromatic heterocycles. The summed E-state index contributed by atoms with van der Waals surface area (Å²) in [4.78, 5) is 32.2. The van der Waals surface area contributed by atoms with Crippen LogP contribution in [0.15, 0.2) is 42.2 Å². The number of thiophene rings is 1. The van der Waals surface area contributed by atoms with Crippen LogP contribution in [-0.4, -0.2) is 65.2 Å². The van der Waals surface area contributed by atoms with Gasteiger partial charge in [0.25, 0.3) is 11.8 Å². The molecular formula is C26H28F3N3O3S. The number of hydrogen-bond acceptors (Lipinski definition) is 5. The van der Waals surface area contributed by atoms with E-state index in [4.69, 9.17) is 0 Å². The second kappa shape index (κ2) is 8.92. The summed E-state index contributed by atoms with van der Waals surface area (Å²) in [6.07, 6.45) is -3.02. The van der Waals surface area contributed by atoms with Crippen LogP contribution in [0, 0.1) is 6.92 Å². The highest BCUT2D eigenvalue weighted by molar-refractivity contribution is 7.18. The van der Waals surface area contributed by atoms with E-state index in [0.717, 1.165) is 16.9 Å². The number of fused-ring (bicyclic) bond motifs is 2. The Morgan fingerprint density at radius 2 is 1.86 bits per heavy atom. The molecule has 0 saturated carbocycles. The van der Waals surface area contributed by atoms with Gasteiger partial charge in [0.2, 0.25) is 0 Å². The van der Waals surface area contributed by atoms with Crippen molar-refractivity contribution in [1.29, 1.82) is 0 Å². The number of benzene rings is 1. The number of aliphatic hydroxyl groups is 1. The summed E-state index contributed by atoms with van der Waals surface area (Å²) >= 11 is 1.09. The number of piperidine rings is 1. The van der Waals surface area contributed by atoms with E-state index in [0.29, 0.717) is 59.3 Å². The van der Waals surface area contributed by atoms with Crippen LogP contribution in [0.3, 0.4) is 0 Å². The molecule has 3 aliphatic heterocycles. The number of likely N-dealkylation sites (tertiary alicyclic amines) is 1. The quantitative estimate of drug-likeness (QED) is 0.637. The minimum absolute atomic E-state index is 0.245. The Labute approximate surface area is 211 Å². The summed E-state index contributed by atoms with van der Waals surface area (Å²) < 4.78 is 39.9. The van der Waals surface area contributed by atoms with Crippen LogP contribution in [0.1, 0.15) is 57.3 Å². The van der Waals surface area contributed by atoms with Crippen LogP contribution in [0.2, 0.25) is 0 Å². The maximum atomic E-state index is 13.7. The average molecular weight is 520 g/mol. The van der Waals surface area contributed by atoms with Crippen LogP contribution in [0.5, 0.6) is 0 Å². The van der Waals surface area contributed by atoms with Crippen LogP contribution >= 0.6 is 11.3 Å². The van der Waals surface area contributed by atoms with Crippen molar-refractivity contribution < 1.29 is 27.9 Å². The van der Waals surface area contributed by atoms with Crippen LogP contribution < -0.4 is 4.90 Å². The number of nitrogens with zero attached hydrogens (tertiary/aromatic N) is 3. The van der Waals surface area contributed by atoms with Gasteiger partial charge in [0, 0.05) is 31.6 Å². The predicted octanol–water partition coefficient (Wildman–Crippen LogP) is 4.68. The molecule has 0 bridgehead atoms. The van der Waals surface area contributed by atoms with Crippen molar-refractivity contribution in [2.24, 2.45) is 0 Å². The monoisotopic (exact) mass is 519 g/mol. The summed E-state index contributed by atoms with van der Waals surface area (Å²) in [5.74, 6) is -0.101. The third kappa shape index (κ3) is 4.30. The minimum Gasteiger partial charge on any atom is -0.393 e. The molecule has 1 unspecified atom stereocenters. The molecule has 192 valence electrons. The van der Waals surface area contributed by atoms with Crippen molar-refractivity contribution >= 4 is 28.2 Å². The fourth-order valence-corrected chi connectivity index (χ4v) is 6.56. The molecule has 0 radical (unpaired) electrons. The number of aliphatic hydroxyl groups excluding tert-OH is 1. The van der Waals surface area contributed by atoms with Gasteiger partial charge in [0.15, 0.2) is 0 Å². The number of rotatable bonds is 4. The highest BCUT2D eigenvalue weighted by atomic mass is 32.1. The minimum atomic E-state index is -4.37. The summed E-state index contributed by atoms with van der Waals surface area (Å²) in [7, 11) is 0. The lowest BCUT2D eigenvalue weighted by Gasteiger charge is -2.36. The summed E-state index contributed by atoms with van der Waals surface area (Å²) in [6.45, 7) is 4.43. The highest BCUT2D eigenvalue weighted by Crippen LogP contribution is 2.48. The molecule has 5 rings (SSSR count). The van der Waals surface area contributed by atoms with Gasteiger partial charge in [-0.25, -0.2) is 0 Å². The van der Waals surface area contributed by atoms with Crippen LogP contribution in [0.4, 0.5) is 18.2 Å². The lowest BCUT2D eigenvalue weighted by molar-refractivity contribution is -0.132. The molecule has 10 heteroatoms. The maximum absolute atomic E-state index is 13.7. The number of alkyl halides is 3. The third-order valence-electron chi connectivity index (χ3n) is 7.32. The largest absolute Gasteiger partial charge is 0.393 e. The molecule has 4 heterocycles. The summed E-state index contributed by atoms with van der Waals surface area (Å²) in [5, 5.41) is 10.2. The molecular weight excluding hydrogens is 491 g/mol. The molecule has 2 amide bonds. The van der Waals surface area contributed by atoms with Crippen molar-refractivity contribution in [3.63, 3.8) is 0 Å². The number of carbonyl (C=O) groups is 2. The van der Waals surface area contributed by atoms with Gasteiger partial charge in [-0.15, -0.1) is 11.3 Å². The van der Waals surface area contributed by atoms with E-state index in [1.54, 1.807) is 21.6 Å². The van der Waals surface area contributed by atoms with Gasteiger partial charge in [-0.1, -0.05) is 37.3 Å². The zero-order valence-electron chi connectivity index (χ0n) is 20.1. The SMILES string of the molecule is Cc1c(C(=O)N2CCC(O)CC2)sc2c1C(=O)N1CC(C)(c3ccccc3)C=C1N2CCC(F)(F)F. The Bertz CT molecular complexity index is 1220. The van der Waals surface area contributed by atoms with E-state index in [2.05, 4.69) is 0 Å². The van der Waals surface area contributed by atoms with Crippen molar-refractivity contribution in [2.45, 2.75) is 50.8 Å². The molecule has 1 aromatic carbocycles. The molecule has 6 nitrogen and oxygen atoms in total. The fraction of sp³-hybridized carbons (Fsp3) is 0.462. The first-order valence-electron chi connectivity index (χ1n) is 12.0. The average Bonchev–Trinajstić information content (AvgIpc) is 3.38. The second-order valence-electron chi connectivity index (χ2n) is 9.95. The molecule has 0 spiro atoms. The Morgan fingerprint density at radius 3 is 2.50 bits per heavy atom. The smallest absolute Gasteiger partial charge is 0.390 e. The number of amides is 2. The Hall–Kier alpha value is -2.85. The topological polar surface area (TPSA) is 64.1 Å². The Balaban J connectivity index is 1.56. The van der Waals surface area contributed by atoms with Crippen molar-refractivity contribution in [3.05, 3.63) is 63.8 Å². The molecule has 1 saturated heterocycles. The first-order chi connectivity index (χ1) is 17.0. The van der Waals surface area contributed by atoms with Gasteiger partial charge in [-0.2, -0.15) is 13.2 Å². The van der Waals surface area contributed by atoms with Gasteiger partial charge >= 0.3 is 6.18 Å². The normalized spacial score (nSPS) is 22.6. The number of hydrogen-bond donors (Lipinski definition) is 1. The maximum Gasteiger partial charge on any atom is 0.390 e. The zero-order valence-corrected chi connectivity index (χ0v) is 21.0. The van der Waals surface area contributed by atoms with E-state index >= 15 is 0 Å². The lowest BCUT2D eigenvalue weighted by atomic mass is 9.84. The molecule has 36 heavy (non-hydrogen) atoms. The van der Waals surface area contributed by atoms with Crippen LogP contribution in [0.25, 0.3) is 0 Å². The van der Waals surface area contributed by atoms with Gasteiger partial charge in [0.1, 0.15) is 10.8 Å². The van der Waals surface area contributed by atoms with E-state index in [-0.39, 0.29) is 18.4 Å². The Morgan fingerprint density at radius 1 is 1.19 bits per heavy atom. The van der Waals surface area contributed by atoms with Gasteiger partial charge in [0.05, 0.1) is 23.0 Å². The van der Waals surface area contributed by atoms with Crippen molar-refractivity contribution in [1.82, 2.24) is 9.80 Å². The van der Waals surface area contributed by atoms with E-state index in [1.807, 2.05) is 43.3 Å². The lowest BCUT2D eigenvalue weighted by Crippen LogP contribution is -2.44. The predicted molar refractivity (Wildman–Crippen MR) is 131 cm³/mol. The summed E-state index contributed by atoms with van der Waals surface area (Å²) in [5.41, 5.74) is 1.22. The molecule has 0 aliphatic carbocycles. The number of carbonyl (C=O) groups excluding carboxylic acids is 2. The van der Waals surface area contributed by atoms with Crippen molar-refractivity contribution in [3.8, 4) is 0 Å². The molecule has 2 aromatic rings. The first-order valence-corrected chi connectivity index (χ1v) is 12.9. The number of anilines is 1. The van der Waals surface area contributed by atoms with Crippen LogP contribution in [-0.2, 0) is 5.41 Å². The molecule has 1 fully saturated rings. The van der Waals surface area contributed by atoms with Crippen molar-refractivity contribution in [2.75, 3.05) is 31.1 Å². The number of halogens is 3. The Kier molecular flexibility index (Phi) is 6.15. The standard InChI is InChI=1S/C26H28F3N3O3S/c1-16-20-22(34)32-15-25(2,17-6-4-3-5-7-17)14-19(32)31(13-10-26(27,28)29)24(20)36-21(16)23(35)30-11-8-18(33)9-12-30/h3-7,14,18,33H,8-13,15H2,1-2H3. The fourth-order valence-electron chi connectivity index (χ4n) is 5.26. The highest BCUT2D eigenvalue weighted by Gasteiger charge is 2.47. The molecule has 1 N–H and O–H groups in total. The van der Waals surface area contributed by atoms with E-state index < -0.39 is 24.1 Å². The van der Waals surface area contributed by atoms with E-state index in [9.17, 15) is 27.9 Å². The molecule has 3 aliphatic rings. The zero-order chi connectivity index (χ0) is 25.8. The first kappa shape index (κ1) is 24.8. The van der Waals surface area contributed by atoms with Gasteiger partial charge in [-0.3, -0.25) is 14.5 Å². The molecule has 1 atom stereocenters. The van der Waals surface area contributed by atoms with E-state index in [1.165, 1.54) is 0 Å².